The number of aryl methyl sites for hydroxylation is 1. The first-order valence-corrected chi connectivity index (χ1v) is 8.04. The van der Waals surface area contributed by atoms with Crippen LogP contribution < -0.4 is 4.18 Å². The van der Waals surface area contributed by atoms with E-state index in [0.29, 0.717) is 5.75 Å². The molecule has 108 valence electrons. The highest BCUT2D eigenvalue weighted by Crippen LogP contribution is 2.27. The molecule has 2 aromatic carbocycles. The minimum absolute atomic E-state index is 0.457. The van der Waals surface area contributed by atoms with Crippen LogP contribution in [0.3, 0.4) is 0 Å². The van der Waals surface area contributed by atoms with Gasteiger partial charge in [-0.25, -0.2) is 0 Å². The van der Waals surface area contributed by atoms with Crippen LogP contribution in [0.25, 0.3) is 10.8 Å². The van der Waals surface area contributed by atoms with E-state index in [1.165, 1.54) is 31.2 Å². The summed E-state index contributed by atoms with van der Waals surface area (Å²) in [5.74, 6) is 0.457. The topological polar surface area (TPSA) is 46.5 Å². The molecular formula is C16H20O3S. The standard InChI is InChI=1S/C16H20O3S/c1-2-3-4-5-7-13-10-11-14-8-6-9-16(15(14)12-13)19-20(17)18/h6,8-12H,2-5,7H2,1H3,(H,17,18). The Balaban J connectivity index is 2.20. The first-order chi connectivity index (χ1) is 9.70. The van der Waals surface area contributed by atoms with Gasteiger partial charge in [-0.15, -0.1) is 0 Å². The summed E-state index contributed by atoms with van der Waals surface area (Å²) in [6.45, 7) is 2.20. The van der Waals surface area contributed by atoms with Gasteiger partial charge in [0.25, 0.3) is 0 Å². The molecule has 0 aliphatic carbocycles. The van der Waals surface area contributed by atoms with E-state index < -0.39 is 11.4 Å². The van der Waals surface area contributed by atoms with E-state index in [1.807, 2.05) is 18.2 Å². The van der Waals surface area contributed by atoms with E-state index in [4.69, 9.17) is 8.74 Å². The number of rotatable bonds is 7. The van der Waals surface area contributed by atoms with Gasteiger partial charge in [0.2, 0.25) is 0 Å². The largest absolute Gasteiger partial charge is 0.379 e. The van der Waals surface area contributed by atoms with Crippen molar-refractivity contribution in [1.82, 2.24) is 0 Å². The van der Waals surface area contributed by atoms with Crippen LogP contribution in [-0.2, 0) is 17.8 Å². The van der Waals surface area contributed by atoms with Crippen molar-refractivity contribution in [2.75, 3.05) is 0 Å². The van der Waals surface area contributed by atoms with Gasteiger partial charge in [-0.2, -0.15) is 4.21 Å². The van der Waals surface area contributed by atoms with Crippen molar-refractivity contribution < 1.29 is 12.9 Å². The fourth-order valence-electron chi connectivity index (χ4n) is 2.35. The lowest BCUT2D eigenvalue weighted by Crippen LogP contribution is -1.98. The quantitative estimate of drug-likeness (QED) is 0.604. The minimum Gasteiger partial charge on any atom is -0.379 e. The van der Waals surface area contributed by atoms with Crippen LogP contribution in [0.15, 0.2) is 36.4 Å². The number of unbranched alkanes of at least 4 members (excludes halogenated alkanes) is 3. The Hall–Kier alpha value is -1.39. The first-order valence-electron chi connectivity index (χ1n) is 7.01. The van der Waals surface area contributed by atoms with Gasteiger partial charge < -0.3 is 4.18 Å². The molecule has 0 spiro atoms. The predicted molar refractivity (Wildman–Crippen MR) is 83.2 cm³/mol. The second kappa shape index (κ2) is 7.41. The van der Waals surface area contributed by atoms with Gasteiger partial charge in [0.15, 0.2) is 0 Å². The Morgan fingerprint density at radius 3 is 2.75 bits per heavy atom. The van der Waals surface area contributed by atoms with E-state index in [0.717, 1.165) is 17.2 Å². The van der Waals surface area contributed by atoms with E-state index in [1.54, 1.807) is 6.07 Å². The van der Waals surface area contributed by atoms with Gasteiger partial charge >= 0.3 is 11.4 Å². The molecule has 0 fully saturated rings. The minimum atomic E-state index is -2.29. The second-order valence-electron chi connectivity index (χ2n) is 4.92. The molecule has 0 aliphatic heterocycles. The fourth-order valence-corrected chi connectivity index (χ4v) is 2.65. The summed E-state index contributed by atoms with van der Waals surface area (Å²) in [5, 5.41) is 1.91. The van der Waals surface area contributed by atoms with Gasteiger partial charge in [0.05, 0.1) is 0 Å². The highest BCUT2D eigenvalue weighted by Gasteiger charge is 2.06. The van der Waals surface area contributed by atoms with Crippen LogP contribution in [0.2, 0.25) is 0 Å². The molecule has 0 heterocycles. The molecule has 1 N–H and O–H groups in total. The lowest BCUT2D eigenvalue weighted by Gasteiger charge is -2.08. The zero-order valence-electron chi connectivity index (χ0n) is 11.7. The summed E-state index contributed by atoms with van der Waals surface area (Å²) in [5.41, 5.74) is 1.24. The molecule has 2 aromatic rings. The summed E-state index contributed by atoms with van der Waals surface area (Å²) in [4.78, 5) is 0. The molecule has 3 nitrogen and oxygen atoms in total. The Labute approximate surface area is 122 Å². The van der Waals surface area contributed by atoms with Crippen molar-refractivity contribution in [2.24, 2.45) is 0 Å². The maximum Gasteiger partial charge on any atom is 0.357 e. The Bertz CT molecular complexity index is 595. The third kappa shape index (κ3) is 4.05. The molecular weight excluding hydrogens is 272 g/mol. The normalized spacial score (nSPS) is 12.5. The van der Waals surface area contributed by atoms with Gasteiger partial charge in [-0.3, -0.25) is 4.55 Å². The van der Waals surface area contributed by atoms with E-state index in [-0.39, 0.29) is 0 Å². The zero-order chi connectivity index (χ0) is 14.4. The van der Waals surface area contributed by atoms with Gasteiger partial charge in [0, 0.05) is 5.39 Å². The van der Waals surface area contributed by atoms with E-state index >= 15 is 0 Å². The lowest BCUT2D eigenvalue weighted by atomic mass is 10.0. The molecule has 2 rings (SSSR count). The molecule has 4 heteroatoms. The number of benzene rings is 2. The molecule has 0 aliphatic rings. The van der Waals surface area contributed by atoms with Crippen molar-refractivity contribution >= 4 is 22.1 Å². The van der Waals surface area contributed by atoms with E-state index in [9.17, 15) is 4.21 Å². The van der Waals surface area contributed by atoms with Crippen LogP contribution in [0.1, 0.15) is 38.2 Å². The van der Waals surface area contributed by atoms with Gasteiger partial charge in [-0.1, -0.05) is 50.5 Å². The molecule has 0 saturated heterocycles. The highest BCUT2D eigenvalue weighted by atomic mass is 32.2. The predicted octanol–water partition coefficient (Wildman–Crippen LogP) is 4.48. The molecule has 0 aromatic heterocycles. The van der Waals surface area contributed by atoms with Crippen molar-refractivity contribution in [3.8, 4) is 5.75 Å². The molecule has 0 amide bonds. The van der Waals surface area contributed by atoms with Gasteiger partial charge in [0.1, 0.15) is 5.75 Å². The van der Waals surface area contributed by atoms with E-state index in [2.05, 4.69) is 19.1 Å². The molecule has 20 heavy (non-hydrogen) atoms. The first kappa shape index (κ1) is 15.0. The summed E-state index contributed by atoms with van der Waals surface area (Å²) in [6.07, 6.45) is 5.96. The summed E-state index contributed by atoms with van der Waals surface area (Å²) in [7, 11) is 0. The molecule has 1 unspecified atom stereocenters. The maximum absolute atomic E-state index is 10.8. The zero-order valence-corrected chi connectivity index (χ0v) is 12.5. The second-order valence-corrected chi connectivity index (χ2v) is 5.52. The molecule has 0 radical (unpaired) electrons. The molecule has 0 saturated carbocycles. The number of hydrogen-bond acceptors (Lipinski definition) is 2. The maximum atomic E-state index is 10.8. The molecule has 1 atom stereocenters. The third-order valence-electron chi connectivity index (χ3n) is 3.39. The smallest absolute Gasteiger partial charge is 0.357 e. The Morgan fingerprint density at radius 2 is 2.00 bits per heavy atom. The van der Waals surface area contributed by atoms with Crippen LogP contribution in [0, 0.1) is 0 Å². The van der Waals surface area contributed by atoms with Crippen LogP contribution in [-0.4, -0.2) is 8.76 Å². The van der Waals surface area contributed by atoms with Crippen LogP contribution >= 0.6 is 0 Å². The monoisotopic (exact) mass is 292 g/mol. The summed E-state index contributed by atoms with van der Waals surface area (Å²) in [6, 6.07) is 11.7. The fraction of sp³-hybridized carbons (Fsp3) is 0.375. The Morgan fingerprint density at radius 1 is 1.15 bits per heavy atom. The highest BCUT2D eigenvalue weighted by molar-refractivity contribution is 7.74. The SMILES string of the molecule is CCCCCCc1ccc2cccc(OS(=O)O)c2c1. The lowest BCUT2D eigenvalue weighted by molar-refractivity contribution is 0.460. The molecule has 0 bridgehead atoms. The summed E-state index contributed by atoms with van der Waals surface area (Å²) >= 11 is -2.29. The average Bonchev–Trinajstić information content (AvgIpc) is 2.43. The number of fused-ring (bicyclic) bond motifs is 1. The van der Waals surface area contributed by atoms with Crippen molar-refractivity contribution in [3.05, 3.63) is 42.0 Å². The van der Waals surface area contributed by atoms with Crippen LogP contribution in [0.4, 0.5) is 0 Å². The summed E-state index contributed by atoms with van der Waals surface area (Å²) < 4.78 is 24.7. The van der Waals surface area contributed by atoms with Crippen molar-refractivity contribution in [2.45, 2.75) is 39.0 Å². The third-order valence-corrected chi connectivity index (χ3v) is 3.71. The van der Waals surface area contributed by atoms with Crippen molar-refractivity contribution in [1.29, 1.82) is 0 Å². The Kier molecular flexibility index (Phi) is 5.56. The van der Waals surface area contributed by atoms with Crippen molar-refractivity contribution in [3.63, 3.8) is 0 Å². The van der Waals surface area contributed by atoms with Crippen LogP contribution in [0.5, 0.6) is 5.75 Å². The van der Waals surface area contributed by atoms with Gasteiger partial charge in [-0.05, 0) is 35.9 Å². The number of hydrogen-bond donors (Lipinski definition) is 1. The average molecular weight is 292 g/mol.